The summed E-state index contributed by atoms with van der Waals surface area (Å²) in [4.78, 5) is 26.2. The quantitative estimate of drug-likeness (QED) is 0.549. The van der Waals surface area contributed by atoms with E-state index in [4.69, 9.17) is 17.0 Å². The third-order valence-corrected chi connectivity index (χ3v) is 4.86. The molecule has 2 rings (SSSR count). The summed E-state index contributed by atoms with van der Waals surface area (Å²) < 4.78 is 6.57. The van der Waals surface area contributed by atoms with Crippen molar-refractivity contribution in [2.45, 2.75) is 20.3 Å². The molecule has 0 fully saturated rings. The minimum absolute atomic E-state index is 0.0860. The van der Waals surface area contributed by atoms with Crippen LogP contribution in [0.2, 0.25) is 0 Å². The highest BCUT2D eigenvalue weighted by Crippen LogP contribution is 2.24. The van der Waals surface area contributed by atoms with Crippen molar-refractivity contribution in [3.8, 4) is 5.75 Å². The van der Waals surface area contributed by atoms with Gasteiger partial charge < -0.3 is 15.0 Å². The van der Waals surface area contributed by atoms with E-state index in [9.17, 15) is 9.59 Å². The molecular weight excluding hydrogens is 466 g/mol. The number of carbonyl (C=O) groups is 2. The first-order valence-electron chi connectivity index (χ1n) is 9.53. The highest BCUT2D eigenvalue weighted by atomic mass is 79.9. The molecule has 0 radical (unpaired) electrons. The lowest BCUT2D eigenvalue weighted by molar-refractivity contribution is 0.0827. The van der Waals surface area contributed by atoms with Crippen molar-refractivity contribution in [2.24, 2.45) is 5.92 Å². The van der Waals surface area contributed by atoms with E-state index in [-0.39, 0.29) is 16.9 Å². The molecule has 8 heteroatoms. The molecule has 2 amide bonds. The first kappa shape index (κ1) is 23.8. The number of anilines is 1. The minimum Gasteiger partial charge on any atom is -0.493 e. The number of nitrogens with zero attached hydrogens (tertiary/aromatic N) is 1. The van der Waals surface area contributed by atoms with E-state index in [1.54, 1.807) is 50.5 Å². The number of thiocarbonyl (C=S) groups is 1. The van der Waals surface area contributed by atoms with E-state index in [0.29, 0.717) is 35.1 Å². The monoisotopic (exact) mass is 491 g/mol. The average molecular weight is 492 g/mol. The van der Waals surface area contributed by atoms with Gasteiger partial charge in [0.05, 0.1) is 12.2 Å². The van der Waals surface area contributed by atoms with Crippen molar-refractivity contribution < 1.29 is 14.3 Å². The normalized spacial score (nSPS) is 10.5. The summed E-state index contributed by atoms with van der Waals surface area (Å²) in [6, 6.07) is 12.1. The van der Waals surface area contributed by atoms with Gasteiger partial charge in [-0.15, -0.1) is 0 Å². The largest absolute Gasteiger partial charge is 0.493 e. The van der Waals surface area contributed by atoms with Crippen LogP contribution in [0.15, 0.2) is 46.9 Å². The first-order chi connectivity index (χ1) is 14.2. The number of carbonyl (C=O) groups excluding carboxylic acids is 2. The summed E-state index contributed by atoms with van der Waals surface area (Å²) in [6.45, 7) is 4.76. The summed E-state index contributed by atoms with van der Waals surface area (Å²) in [7, 11) is 3.39. The Labute approximate surface area is 191 Å². The number of rotatable bonds is 7. The fourth-order valence-corrected chi connectivity index (χ4v) is 3.07. The second kappa shape index (κ2) is 11.1. The van der Waals surface area contributed by atoms with Crippen LogP contribution >= 0.6 is 28.1 Å². The predicted octanol–water partition coefficient (Wildman–Crippen LogP) is 4.70. The molecule has 2 aromatic rings. The molecule has 0 saturated carbocycles. The minimum atomic E-state index is -0.368. The van der Waals surface area contributed by atoms with Crippen LogP contribution in [0.4, 0.5) is 5.69 Å². The molecule has 0 heterocycles. The Morgan fingerprint density at radius 3 is 2.40 bits per heavy atom. The van der Waals surface area contributed by atoms with E-state index < -0.39 is 0 Å². The Morgan fingerprint density at radius 1 is 1.13 bits per heavy atom. The van der Waals surface area contributed by atoms with Gasteiger partial charge in [-0.1, -0.05) is 29.8 Å². The fourth-order valence-electron chi connectivity index (χ4n) is 2.50. The van der Waals surface area contributed by atoms with Crippen LogP contribution < -0.4 is 15.4 Å². The van der Waals surface area contributed by atoms with E-state index in [2.05, 4.69) is 40.4 Å². The number of halogens is 1. The molecule has 0 aliphatic rings. The fraction of sp³-hybridized carbons (Fsp3) is 0.318. The zero-order valence-corrected chi connectivity index (χ0v) is 19.9. The van der Waals surface area contributed by atoms with Gasteiger partial charge in [-0.25, -0.2) is 0 Å². The third-order valence-electron chi connectivity index (χ3n) is 4.16. The van der Waals surface area contributed by atoms with Crippen molar-refractivity contribution >= 4 is 50.8 Å². The summed E-state index contributed by atoms with van der Waals surface area (Å²) in [5.41, 5.74) is 1.63. The SMILES string of the molecule is CC(C)CCOc1ccc(Br)cc1C(=O)NC(=S)Nc1ccc(C(=O)N(C)C)cc1. The topological polar surface area (TPSA) is 70.7 Å². The molecule has 160 valence electrons. The molecular formula is C22H26BrN3O3S. The molecule has 2 N–H and O–H groups in total. The lowest BCUT2D eigenvalue weighted by Gasteiger charge is -2.14. The van der Waals surface area contributed by atoms with Crippen LogP contribution in [0.3, 0.4) is 0 Å². The van der Waals surface area contributed by atoms with Gasteiger partial charge in [0.25, 0.3) is 11.8 Å². The predicted molar refractivity (Wildman–Crippen MR) is 127 cm³/mol. The Kier molecular flexibility index (Phi) is 8.80. The Hall–Kier alpha value is -2.45. The van der Waals surface area contributed by atoms with Crippen LogP contribution in [0, 0.1) is 5.92 Å². The molecule has 0 atom stereocenters. The maximum absolute atomic E-state index is 12.7. The Bertz CT molecular complexity index is 914. The molecule has 0 unspecified atom stereocenters. The summed E-state index contributed by atoms with van der Waals surface area (Å²) in [5, 5.41) is 5.78. The lowest BCUT2D eigenvalue weighted by atomic mass is 10.1. The molecule has 0 bridgehead atoms. The Balaban J connectivity index is 2.02. The van der Waals surface area contributed by atoms with Crippen LogP contribution in [-0.2, 0) is 0 Å². The van der Waals surface area contributed by atoms with Gasteiger partial charge in [0.15, 0.2) is 5.11 Å². The second-order valence-corrected chi connectivity index (χ2v) is 8.68. The van der Waals surface area contributed by atoms with E-state index >= 15 is 0 Å². The molecule has 0 aliphatic carbocycles. The van der Waals surface area contributed by atoms with Gasteiger partial charge in [-0.2, -0.15) is 0 Å². The van der Waals surface area contributed by atoms with Crippen molar-refractivity contribution in [1.29, 1.82) is 0 Å². The zero-order chi connectivity index (χ0) is 22.3. The van der Waals surface area contributed by atoms with Crippen molar-refractivity contribution in [3.63, 3.8) is 0 Å². The summed E-state index contributed by atoms with van der Waals surface area (Å²) in [6.07, 6.45) is 0.892. The Morgan fingerprint density at radius 2 is 1.80 bits per heavy atom. The van der Waals surface area contributed by atoms with Crippen molar-refractivity contribution in [1.82, 2.24) is 10.2 Å². The summed E-state index contributed by atoms with van der Waals surface area (Å²) >= 11 is 8.65. The molecule has 0 aromatic heterocycles. The zero-order valence-electron chi connectivity index (χ0n) is 17.5. The number of benzene rings is 2. The van der Waals surface area contributed by atoms with Gasteiger partial charge >= 0.3 is 0 Å². The van der Waals surface area contributed by atoms with Crippen LogP contribution in [0.25, 0.3) is 0 Å². The van der Waals surface area contributed by atoms with Gasteiger partial charge in [0, 0.05) is 29.8 Å². The smallest absolute Gasteiger partial charge is 0.261 e. The number of ether oxygens (including phenoxy) is 1. The number of hydrogen-bond donors (Lipinski definition) is 2. The highest BCUT2D eigenvalue weighted by molar-refractivity contribution is 9.10. The maximum Gasteiger partial charge on any atom is 0.261 e. The molecule has 0 aliphatic heterocycles. The molecule has 0 saturated heterocycles. The highest BCUT2D eigenvalue weighted by Gasteiger charge is 2.15. The average Bonchev–Trinajstić information content (AvgIpc) is 2.68. The maximum atomic E-state index is 12.7. The van der Waals surface area contributed by atoms with Gasteiger partial charge in [0.2, 0.25) is 0 Å². The van der Waals surface area contributed by atoms with Crippen LogP contribution in [0.5, 0.6) is 5.75 Å². The van der Waals surface area contributed by atoms with Crippen LogP contribution in [0.1, 0.15) is 41.0 Å². The van der Waals surface area contributed by atoms with Gasteiger partial charge in [-0.05, 0) is 67.0 Å². The molecule has 0 spiro atoms. The van der Waals surface area contributed by atoms with E-state index in [0.717, 1.165) is 10.9 Å². The lowest BCUT2D eigenvalue weighted by Crippen LogP contribution is -2.34. The molecule has 2 aromatic carbocycles. The first-order valence-corrected chi connectivity index (χ1v) is 10.7. The third kappa shape index (κ3) is 7.11. The standard InChI is InChI=1S/C22H26BrN3O3S/c1-14(2)11-12-29-19-10-7-16(23)13-18(19)20(27)25-22(30)24-17-8-5-15(6-9-17)21(28)26(3)4/h5-10,13-14H,11-12H2,1-4H3,(H2,24,25,27,30). The van der Waals surface area contributed by atoms with Gasteiger partial charge in [-0.3, -0.25) is 14.9 Å². The molecule has 30 heavy (non-hydrogen) atoms. The summed E-state index contributed by atoms with van der Waals surface area (Å²) in [5.74, 6) is 0.560. The van der Waals surface area contributed by atoms with Crippen molar-refractivity contribution in [3.05, 3.63) is 58.1 Å². The van der Waals surface area contributed by atoms with E-state index in [1.165, 1.54) is 4.90 Å². The van der Waals surface area contributed by atoms with Crippen LogP contribution in [-0.4, -0.2) is 42.5 Å². The number of hydrogen-bond acceptors (Lipinski definition) is 4. The number of amides is 2. The molecule has 6 nitrogen and oxygen atoms in total. The van der Waals surface area contributed by atoms with Crippen molar-refractivity contribution in [2.75, 3.05) is 26.0 Å². The van der Waals surface area contributed by atoms with Gasteiger partial charge in [0.1, 0.15) is 5.75 Å². The van der Waals surface area contributed by atoms with E-state index in [1.807, 2.05) is 6.07 Å². The number of nitrogens with one attached hydrogen (secondary N) is 2. The second-order valence-electron chi connectivity index (χ2n) is 7.36.